The third-order valence-corrected chi connectivity index (χ3v) is 4.67. The van der Waals surface area contributed by atoms with E-state index in [9.17, 15) is 9.59 Å². The van der Waals surface area contributed by atoms with Gasteiger partial charge in [-0.15, -0.1) is 0 Å². The second-order valence-corrected chi connectivity index (χ2v) is 6.87. The summed E-state index contributed by atoms with van der Waals surface area (Å²) in [5.74, 6) is -0.0747. The summed E-state index contributed by atoms with van der Waals surface area (Å²) in [4.78, 5) is 28.5. The van der Waals surface area contributed by atoms with E-state index >= 15 is 0 Å². The molecule has 2 amide bonds. The molecule has 0 saturated carbocycles. The van der Waals surface area contributed by atoms with Gasteiger partial charge in [-0.1, -0.05) is 26.0 Å². The number of hydrogen-bond acceptors (Lipinski definition) is 2. The normalized spacial score (nSPS) is 20.9. The molecule has 0 radical (unpaired) electrons. The molecule has 1 unspecified atom stereocenters. The number of nitrogens with zero attached hydrogens (tertiary/aromatic N) is 1. The number of rotatable bonds is 2. The summed E-state index contributed by atoms with van der Waals surface area (Å²) in [6.45, 7) is 8.13. The topological polar surface area (TPSA) is 58.5 Å². The Kier molecular flexibility index (Phi) is 4.53. The smallest absolute Gasteiger partial charge is 0.277 e. The van der Waals surface area contributed by atoms with Crippen LogP contribution < -0.4 is 5.32 Å². The monoisotopic (exact) mass is 334 g/mol. The Hall–Kier alpha value is -2.75. The highest BCUT2D eigenvalue weighted by molar-refractivity contribution is 6.14. The molecule has 1 aliphatic carbocycles. The van der Waals surface area contributed by atoms with Crippen LogP contribution in [0.3, 0.4) is 0 Å². The van der Waals surface area contributed by atoms with Gasteiger partial charge in [0.25, 0.3) is 5.91 Å². The van der Waals surface area contributed by atoms with E-state index in [1.165, 1.54) is 0 Å². The highest BCUT2D eigenvalue weighted by Crippen LogP contribution is 2.31. The van der Waals surface area contributed by atoms with Gasteiger partial charge >= 0.3 is 0 Å². The van der Waals surface area contributed by atoms with Crippen molar-refractivity contribution in [3.05, 3.63) is 70.5 Å². The van der Waals surface area contributed by atoms with Gasteiger partial charge in [-0.25, -0.2) is 4.99 Å². The minimum Gasteiger partial charge on any atom is -0.325 e. The van der Waals surface area contributed by atoms with Gasteiger partial charge in [0, 0.05) is 23.3 Å². The lowest BCUT2D eigenvalue weighted by molar-refractivity contribution is -0.116. The Morgan fingerprint density at radius 3 is 2.60 bits per heavy atom. The first-order chi connectivity index (χ1) is 11.8. The standard InChI is InChI=1S/C21H22N2O2/c1-12(2)18-11-20(24)23-19-10-16(7-8-17(18)19)22-21(25)15-6-5-13(3)14(4)9-15/h5-12,17H,1-4H3,(H,23,24). The molecular weight excluding hydrogens is 312 g/mol. The fourth-order valence-electron chi connectivity index (χ4n) is 3.07. The van der Waals surface area contributed by atoms with Gasteiger partial charge in [0.05, 0.1) is 5.71 Å². The molecule has 0 bridgehead atoms. The summed E-state index contributed by atoms with van der Waals surface area (Å²) in [5, 5.41) is 2.87. The summed E-state index contributed by atoms with van der Waals surface area (Å²) >= 11 is 0. The molecule has 3 rings (SSSR count). The lowest BCUT2D eigenvalue weighted by Crippen LogP contribution is -2.34. The summed E-state index contributed by atoms with van der Waals surface area (Å²) in [6, 6.07) is 5.57. The van der Waals surface area contributed by atoms with Crippen molar-refractivity contribution in [2.24, 2.45) is 16.8 Å². The van der Waals surface area contributed by atoms with E-state index < -0.39 is 0 Å². The number of fused-ring (bicyclic) bond motifs is 1. The molecule has 1 atom stereocenters. The van der Waals surface area contributed by atoms with Crippen LogP contribution in [0, 0.1) is 25.7 Å². The lowest BCUT2D eigenvalue weighted by Gasteiger charge is -2.29. The lowest BCUT2D eigenvalue weighted by atomic mass is 9.82. The molecule has 128 valence electrons. The van der Waals surface area contributed by atoms with Crippen molar-refractivity contribution < 1.29 is 9.59 Å². The molecule has 25 heavy (non-hydrogen) atoms. The van der Waals surface area contributed by atoms with Crippen molar-refractivity contribution in [1.82, 2.24) is 5.32 Å². The first-order valence-corrected chi connectivity index (χ1v) is 8.47. The maximum Gasteiger partial charge on any atom is 0.277 e. The van der Waals surface area contributed by atoms with E-state index in [1.54, 1.807) is 18.2 Å². The maximum absolute atomic E-state index is 12.4. The first-order valence-electron chi connectivity index (χ1n) is 8.47. The summed E-state index contributed by atoms with van der Waals surface area (Å²) in [5.41, 5.74) is 5.19. The summed E-state index contributed by atoms with van der Waals surface area (Å²) in [7, 11) is 0. The van der Waals surface area contributed by atoms with Gasteiger partial charge in [-0.3, -0.25) is 9.59 Å². The number of aliphatic imine (C=N–C) groups is 1. The van der Waals surface area contributed by atoms with Crippen molar-refractivity contribution in [3.63, 3.8) is 0 Å². The Morgan fingerprint density at radius 2 is 1.92 bits per heavy atom. The van der Waals surface area contributed by atoms with Crippen LogP contribution in [0.4, 0.5) is 0 Å². The highest BCUT2D eigenvalue weighted by Gasteiger charge is 2.27. The molecule has 4 heteroatoms. The van der Waals surface area contributed by atoms with E-state index in [-0.39, 0.29) is 23.7 Å². The number of aryl methyl sites for hydroxylation is 2. The molecular formula is C21H22N2O2. The van der Waals surface area contributed by atoms with Crippen molar-refractivity contribution in [1.29, 1.82) is 0 Å². The SMILES string of the molecule is Cc1ccc(C(=O)N=C2C=CC3C(=C2)NC(=O)C=C3C(C)C)cc1C. The van der Waals surface area contributed by atoms with Crippen molar-refractivity contribution in [2.45, 2.75) is 27.7 Å². The van der Waals surface area contributed by atoms with Crippen LogP contribution in [-0.4, -0.2) is 17.5 Å². The molecule has 1 aliphatic heterocycles. The van der Waals surface area contributed by atoms with Crippen LogP contribution in [0.1, 0.15) is 35.3 Å². The third kappa shape index (κ3) is 3.53. The van der Waals surface area contributed by atoms with Crippen molar-refractivity contribution in [2.75, 3.05) is 0 Å². The number of carbonyl (C=O) groups excluding carboxylic acids is 2. The second-order valence-electron chi connectivity index (χ2n) is 6.87. The minimum atomic E-state index is -0.278. The zero-order valence-electron chi connectivity index (χ0n) is 15.0. The first kappa shape index (κ1) is 17.1. The molecule has 0 aromatic heterocycles. The number of carbonyl (C=O) groups is 2. The zero-order valence-corrected chi connectivity index (χ0v) is 15.0. The van der Waals surface area contributed by atoms with Crippen LogP contribution in [-0.2, 0) is 4.79 Å². The number of allylic oxidation sites excluding steroid dienone is 3. The third-order valence-electron chi connectivity index (χ3n) is 4.67. The van der Waals surface area contributed by atoms with E-state index in [2.05, 4.69) is 24.2 Å². The molecule has 2 aliphatic rings. The van der Waals surface area contributed by atoms with Crippen LogP contribution >= 0.6 is 0 Å². The quantitative estimate of drug-likeness (QED) is 0.897. The Labute approximate surface area is 148 Å². The van der Waals surface area contributed by atoms with Crippen molar-refractivity contribution in [3.8, 4) is 0 Å². The van der Waals surface area contributed by atoms with E-state index in [4.69, 9.17) is 0 Å². The van der Waals surface area contributed by atoms with Gasteiger partial charge < -0.3 is 5.32 Å². The fraction of sp³-hybridized carbons (Fsp3) is 0.286. The van der Waals surface area contributed by atoms with Crippen LogP contribution in [0.5, 0.6) is 0 Å². The van der Waals surface area contributed by atoms with Gasteiger partial charge in [0.2, 0.25) is 5.91 Å². The van der Waals surface area contributed by atoms with Gasteiger partial charge in [-0.2, -0.15) is 0 Å². The van der Waals surface area contributed by atoms with Crippen molar-refractivity contribution >= 4 is 17.5 Å². The molecule has 0 spiro atoms. The molecule has 1 heterocycles. The molecule has 4 nitrogen and oxygen atoms in total. The predicted molar refractivity (Wildman–Crippen MR) is 99.5 cm³/mol. The average Bonchev–Trinajstić information content (AvgIpc) is 2.56. The molecule has 0 fully saturated rings. The average molecular weight is 334 g/mol. The zero-order chi connectivity index (χ0) is 18.1. The van der Waals surface area contributed by atoms with E-state index in [0.29, 0.717) is 11.3 Å². The number of benzene rings is 1. The van der Waals surface area contributed by atoms with E-state index in [0.717, 1.165) is 22.4 Å². The molecule has 1 aromatic rings. The Bertz CT molecular complexity index is 870. The van der Waals surface area contributed by atoms with Gasteiger partial charge in [-0.05, 0) is 60.8 Å². The Morgan fingerprint density at radius 1 is 1.16 bits per heavy atom. The summed E-state index contributed by atoms with van der Waals surface area (Å²) in [6.07, 6.45) is 7.30. The molecule has 0 saturated heterocycles. The van der Waals surface area contributed by atoms with E-state index in [1.807, 2.05) is 38.1 Å². The van der Waals surface area contributed by atoms with Crippen LogP contribution in [0.25, 0.3) is 0 Å². The summed E-state index contributed by atoms with van der Waals surface area (Å²) < 4.78 is 0. The predicted octanol–water partition coefficient (Wildman–Crippen LogP) is 3.67. The number of amides is 2. The number of nitrogens with one attached hydrogen (secondary N) is 1. The number of hydrogen-bond donors (Lipinski definition) is 1. The largest absolute Gasteiger partial charge is 0.325 e. The van der Waals surface area contributed by atoms with Crippen LogP contribution in [0.2, 0.25) is 0 Å². The Balaban J connectivity index is 1.88. The van der Waals surface area contributed by atoms with Crippen LogP contribution in [0.15, 0.2) is 58.8 Å². The van der Waals surface area contributed by atoms with Gasteiger partial charge in [0.15, 0.2) is 0 Å². The fourth-order valence-corrected chi connectivity index (χ4v) is 3.07. The maximum atomic E-state index is 12.4. The minimum absolute atomic E-state index is 0.0494. The van der Waals surface area contributed by atoms with Gasteiger partial charge in [0.1, 0.15) is 0 Å². The highest BCUT2D eigenvalue weighted by atomic mass is 16.2. The second kappa shape index (κ2) is 6.63. The molecule has 1 aromatic carbocycles. The molecule has 1 N–H and O–H groups in total.